The van der Waals surface area contributed by atoms with Crippen LogP contribution in [0.1, 0.15) is 155 Å². The van der Waals surface area contributed by atoms with Crippen molar-refractivity contribution in [2.24, 2.45) is 0 Å². The Balaban J connectivity index is 0.000000345. The molecule has 0 bridgehead atoms. The van der Waals surface area contributed by atoms with Gasteiger partial charge in [0.15, 0.2) is 5.78 Å². The number of hydrogen-bond acceptors (Lipinski definition) is 15. The summed E-state index contributed by atoms with van der Waals surface area (Å²) < 4.78 is 57.2. The number of benzene rings is 2. The van der Waals surface area contributed by atoms with Crippen LogP contribution in [0.5, 0.6) is 0 Å². The highest BCUT2D eigenvalue weighted by Crippen LogP contribution is 2.38. The number of nitrogen functional groups attached to an aromatic ring is 1. The van der Waals surface area contributed by atoms with Crippen molar-refractivity contribution in [1.82, 2.24) is 25.0 Å². The first-order valence-corrected chi connectivity index (χ1v) is 27.1. The minimum absolute atomic E-state index is 0.0193. The number of nitrogens with zero attached hydrogens (tertiary/aromatic N) is 5. The fourth-order valence-electron chi connectivity index (χ4n) is 8.83. The lowest BCUT2D eigenvalue weighted by Gasteiger charge is -2.41. The molecule has 3 aromatic rings. The number of carbonyl (C=O) groups excluding carboxylic acids is 6. The van der Waals surface area contributed by atoms with Crippen molar-refractivity contribution in [3.8, 4) is 0 Å². The van der Waals surface area contributed by atoms with Crippen molar-refractivity contribution >= 4 is 70.6 Å². The maximum absolute atomic E-state index is 14.2. The summed E-state index contributed by atoms with van der Waals surface area (Å²) in [7, 11) is 0. The van der Waals surface area contributed by atoms with Gasteiger partial charge in [-0.25, -0.2) is 28.0 Å². The molecule has 0 aliphatic carbocycles. The number of halogens is 4. The number of hydrogen-bond donors (Lipinski definition) is 3. The SMILES string of the molecule is CC(=O)c1c(N)c(C(=O)OC(C)(C)C)c(N2CCC[C@@H](NC(=O)OC(C)(C)C)C2)n1Cc1cc(F)ccc1Cl.[C-]#[N+]/C(C(=O)OC(C)(C)C)=C(\N(CC(=O)OCC)Cc1cc(F)ccc1Cl)N1CCC[C@@H](NC(=O)OC(C)(C)C)C1. The molecule has 2 aromatic carbocycles. The first-order chi connectivity index (χ1) is 37.0. The number of esters is 3. The molecule has 0 unspecified atom stereocenters. The second-order valence-corrected chi connectivity index (χ2v) is 24.2. The van der Waals surface area contributed by atoms with Crippen LogP contribution >= 0.6 is 23.2 Å². The normalized spacial score (nSPS) is 16.2. The van der Waals surface area contributed by atoms with Gasteiger partial charge in [0.1, 0.15) is 63.5 Å². The van der Waals surface area contributed by atoms with Gasteiger partial charge >= 0.3 is 35.8 Å². The minimum Gasteiger partial charge on any atom is -0.465 e. The van der Waals surface area contributed by atoms with E-state index in [-0.39, 0.29) is 84.1 Å². The number of likely N-dealkylation sites (tertiary alicyclic amines) is 1. The molecule has 5 rings (SSSR count). The van der Waals surface area contributed by atoms with Crippen molar-refractivity contribution in [2.45, 2.75) is 170 Å². The van der Waals surface area contributed by atoms with Crippen LogP contribution in [0.3, 0.4) is 0 Å². The number of anilines is 2. The standard InChI is InChI=1S/C29H40ClFN4O6.C28H38ClFN4O5/c1-9-39-23(36)18-35(16-19-15-20(31)12-13-22(19)30)25(24(32-8)26(37)40-28(2,3)4)34-14-10-11-21(17-34)33-27(38)41-29(5,6)7;1-16(35)23-22(31)21(25(36)38-27(2,3)4)24(34(23)14-17-13-18(30)10-11-20(17)29)33-12-8-9-19(15-33)32-26(37)39-28(5,6)7/h12-13,15,21H,9-11,14,16-18H2,1-7H3,(H,33,38);10-11,13,19H,8-9,12,14-15,31H2,1-7H3,(H,32,37)/b25-24-;/t21-;19-/m11/s1. The molecule has 2 amide bonds. The number of alkyl carbamates (subject to hydrolysis) is 2. The smallest absolute Gasteiger partial charge is 0.407 e. The zero-order valence-corrected chi connectivity index (χ0v) is 49.9. The molecular formula is C57H78Cl2F2N8O11. The zero-order chi connectivity index (χ0) is 60.2. The fraction of sp³-hybridized carbons (Fsp3) is 0.561. The Bertz CT molecular complexity index is 2820. The first kappa shape index (κ1) is 65.7. The van der Waals surface area contributed by atoms with E-state index >= 15 is 0 Å². The average molecular weight is 1160 g/mol. The molecule has 3 heterocycles. The Kier molecular flexibility index (Phi) is 22.7. The Labute approximate surface area is 478 Å². The van der Waals surface area contributed by atoms with E-state index in [9.17, 15) is 37.5 Å². The van der Waals surface area contributed by atoms with Gasteiger partial charge in [-0.2, -0.15) is 0 Å². The van der Waals surface area contributed by atoms with Crippen LogP contribution < -0.4 is 21.3 Å². The van der Waals surface area contributed by atoms with Gasteiger partial charge in [0, 0.05) is 61.8 Å². The van der Waals surface area contributed by atoms with Crippen LogP contribution in [-0.2, 0) is 46.4 Å². The topological polar surface area (TPSA) is 218 Å². The van der Waals surface area contributed by atoms with Crippen LogP contribution in [-0.4, -0.2) is 124 Å². The Morgan fingerprint density at radius 3 is 1.75 bits per heavy atom. The molecular weight excluding hydrogens is 1080 g/mol. The molecule has 0 radical (unpaired) electrons. The third-order valence-electron chi connectivity index (χ3n) is 11.6. The van der Waals surface area contributed by atoms with Crippen molar-refractivity contribution in [2.75, 3.05) is 50.0 Å². The number of Topliss-reactive ketones (excluding diaryl/α,β-unsaturated/α-hetero) is 1. The monoisotopic (exact) mass is 1160 g/mol. The molecule has 1 aromatic heterocycles. The second-order valence-electron chi connectivity index (χ2n) is 23.4. The van der Waals surface area contributed by atoms with Crippen LogP contribution in [0.15, 0.2) is 47.9 Å². The lowest BCUT2D eigenvalue weighted by atomic mass is 10.0. The second kappa shape index (κ2) is 27.6. The highest BCUT2D eigenvalue weighted by atomic mass is 35.5. The van der Waals surface area contributed by atoms with E-state index in [1.165, 1.54) is 48.2 Å². The van der Waals surface area contributed by atoms with E-state index in [0.29, 0.717) is 67.3 Å². The number of piperidine rings is 2. The molecule has 2 aliphatic heterocycles. The van der Waals surface area contributed by atoms with Crippen molar-refractivity contribution < 1.29 is 61.2 Å². The summed E-state index contributed by atoms with van der Waals surface area (Å²) in [5.74, 6) is -3.16. The third kappa shape index (κ3) is 20.1. The molecule has 4 N–H and O–H groups in total. The van der Waals surface area contributed by atoms with Crippen LogP contribution in [0.4, 0.5) is 29.9 Å². The number of ether oxygens (including phenoxy) is 5. The lowest BCUT2D eigenvalue weighted by molar-refractivity contribution is -0.150. The number of nitrogens with one attached hydrogen (secondary N) is 2. The molecule has 19 nitrogen and oxygen atoms in total. The number of amides is 2. The number of ketones is 1. The highest BCUT2D eigenvalue weighted by Gasteiger charge is 2.38. The van der Waals surface area contributed by atoms with Gasteiger partial charge < -0.3 is 59.3 Å². The predicted molar refractivity (Wildman–Crippen MR) is 301 cm³/mol. The van der Waals surface area contributed by atoms with E-state index in [0.717, 1.165) is 0 Å². The Morgan fingerprint density at radius 2 is 1.25 bits per heavy atom. The maximum atomic E-state index is 14.2. The van der Waals surface area contributed by atoms with Gasteiger partial charge in [0.05, 0.1) is 25.4 Å². The average Bonchev–Trinajstić information content (AvgIpc) is 3.65. The molecule has 0 saturated carbocycles. The number of nitrogens with two attached hydrogens (primary N) is 1. The number of carbonyl (C=O) groups is 6. The molecule has 2 aliphatic rings. The van der Waals surface area contributed by atoms with Crippen LogP contribution in [0.25, 0.3) is 4.85 Å². The van der Waals surface area contributed by atoms with Gasteiger partial charge in [-0.3, -0.25) is 14.4 Å². The summed E-state index contributed by atoms with van der Waals surface area (Å²) in [4.78, 5) is 86.1. The van der Waals surface area contributed by atoms with E-state index < -0.39 is 64.1 Å². The van der Waals surface area contributed by atoms with Crippen molar-refractivity contribution in [1.29, 1.82) is 0 Å². The summed E-state index contributed by atoms with van der Waals surface area (Å²) in [6, 6.07) is 7.10. The van der Waals surface area contributed by atoms with Gasteiger partial charge in [-0.05, 0) is 163 Å². The number of aromatic nitrogens is 1. The van der Waals surface area contributed by atoms with Crippen LogP contribution in [0, 0.1) is 18.2 Å². The minimum atomic E-state index is -0.904. The summed E-state index contributed by atoms with van der Waals surface area (Å²) >= 11 is 12.8. The Morgan fingerprint density at radius 1 is 0.750 bits per heavy atom. The van der Waals surface area contributed by atoms with Crippen LogP contribution in [0.2, 0.25) is 10.0 Å². The zero-order valence-electron chi connectivity index (χ0n) is 48.4. The molecule has 2 atom stereocenters. The summed E-state index contributed by atoms with van der Waals surface area (Å²) in [5.41, 5.74) is 3.87. The van der Waals surface area contributed by atoms with Gasteiger partial charge in [0.25, 0.3) is 0 Å². The third-order valence-corrected chi connectivity index (χ3v) is 12.4. The molecule has 80 heavy (non-hydrogen) atoms. The van der Waals surface area contributed by atoms with E-state index in [2.05, 4.69) is 15.5 Å². The molecule has 23 heteroatoms. The summed E-state index contributed by atoms with van der Waals surface area (Å²) in [6.45, 7) is 32.8. The summed E-state index contributed by atoms with van der Waals surface area (Å²) in [6.07, 6.45) is 1.43. The van der Waals surface area contributed by atoms with Gasteiger partial charge in [-0.1, -0.05) is 23.2 Å². The number of rotatable bonds is 15. The Hall–Kier alpha value is -6.79. The molecule has 0 spiro atoms. The van der Waals surface area contributed by atoms with Crippen molar-refractivity contribution in [3.63, 3.8) is 0 Å². The van der Waals surface area contributed by atoms with Gasteiger partial charge in [0.2, 0.25) is 0 Å². The molecule has 2 fully saturated rings. The highest BCUT2D eigenvalue weighted by molar-refractivity contribution is 6.31. The van der Waals surface area contributed by atoms with E-state index in [1.54, 1.807) is 99.5 Å². The largest absolute Gasteiger partial charge is 0.465 e. The lowest BCUT2D eigenvalue weighted by Crippen LogP contribution is -2.51. The molecule has 440 valence electrons. The summed E-state index contributed by atoms with van der Waals surface area (Å²) in [5, 5.41) is 6.28. The van der Waals surface area contributed by atoms with Crippen molar-refractivity contribution in [3.05, 3.63) is 103 Å². The first-order valence-electron chi connectivity index (χ1n) is 26.4. The predicted octanol–water partition coefficient (Wildman–Crippen LogP) is 10.8. The van der Waals surface area contributed by atoms with E-state index in [1.807, 2.05) is 4.90 Å². The quantitative estimate of drug-likeness (QED) is 0.0424. The van der Waals surface area contributed by atoms with E-state index in [4.69, 9.17) is 59.2 Å². The maximum Gasteiger partial charge on any atom is 0.407 e. The molecule has 2 saturated heterocycles. The van der Waals surface area contributed by atoms with Gasteiger partial charge in [-0.15, -0.1) is 0 Å². The fourth-order valence-corrected chi connectivity index (χ4v) is 9.18.